The highest BCUT2D eigenvalue weighted by atomic mass is 16.5. The lowest BCUT2D eigenvalue weighted by atomic mass is 9.86. The first-order valence-corrected chi connectivity index (χ1v) is 7.37. The Labute approximate surface area is 115 Å². The number of aliphatic hydroxyl groups excluding tert-OH is 1. The van der Waals surface area contributed by atoms with E-state index >= 15 is 0 Å². The Balaban J connectivity index is 1.80. The summed E-state index contributed by atoms with van der Waals surface area (Å²) in [6.07, 6.45) is 6.21. The van der Waals surface area contributed by atoms with E-state index < -0.39 is 0 Å². The molecule has 0 aromatic carbocycles. The zero-order valence-electron chi connectivity index (χ0n) is 12.0. The molecule has 2 rings (SSSR count). The first-order chi connectivity index (χ1) is 9.19. The Morgan fingerprint density at radius 2 is 2.16 bits per heavy atom. The van der Waals surface area contributed by atoms with E-state index in [1.165, 1.54) is 6.42 Å². The van der Waals surface area contributed by atoms with Gasteiger partial charge in [-0.25, -0.2) is 0 Å². The van der Waals surface area contributed by atoms with Crippen LogP contribution < -0.4 is 0 Å². The number of hydrogen-bond donors (Lipinski definition) is 1. The van der Waals surface area contributed by atoms with Gasteiger partial charge in [0.05, 0.1) is 12.6 Å². The molecule has 0 spiro atoms. The summed E-state index contributed by atoms with van der Waals surface area (Å²) in [6.45, 7) is 3.67. The van der Waals surface area contributed by atoms with Crippen molar-refractivity contribution in [3.8, 4) is 0 Å². The molecule has 1 aliphatic carbocycles. The van der Waals surface area contributed by atoms with E-state index in [0.717, 1.165) is 44.5 Å². The quantitative estimate of drug-likeness (QED) is 0.854. The van der Waals surface area contributed by atoms with Crippen molar-refractivity contribution in [1.82, 2.24) is 15.0 Å². The van der Waals surface area contributed by atoms with Gasteiger partial charge in [0.15, 0.2) is 5.82 Å². The Bertz CT molecular complexity index is 381. The fraction of sp³-hybridized carbons (Fsp3) is 0.857. The monoisotopic (exact) mass is 267 g/mol. The molecule has 0 bridgehead atoms. The van der Waals surface area contributed by atoms with E-state index in [1.807, 2.05) is 7.05 Å². The van der Waals surface area contributed by atoms with Crippen molar-refractivity contribution in [2.45, 2.75) is 58.1 Å². The molecule has 1 aliphatic rings. The largest absolute Gasteiger partial charge is 0.393 e. The molecule has 0 aliphatic heterocycles. The lowest BCUT2D eigenvalue weighted by molar-refractivity contribution is 0.0484. The van der Waals surface area contributed by atoms with Crippen molar-refractivity contribution in [1.29, 1.82) is 0 Å². The van der Waals surface area contributed by atoms with Gasteiger partial charge in [-0.05, 0) is 32.2 Å². The van der Waals surface area contributed by atoms with Gasteiger partial charge in [-0.2, -0.15) is 4.98 Å². The third-order valence-electron chi connectivity index (χ3n) is 3.80. The first kappa shape index (κ1) is 14.5. The minimum absolute atomic E-state index is 0.144. The molecular formula is C14H25N3O2. The average molecular weight is 267 g/mol. The smallest absolute Gasteiger partial charge is 0.240 e. The maximum Gasteiger partial charge on any atom is 0.240 e. The Morgan fingerprint density at radius 3 is 2.89 bits per heavy atom. The second-order valence-electron chi connectivity index (χ2n) is 5.66. The van der Waals surface area contributed by atoms with E-state index in [4.69, 9.17) is 4.52 Å². The van der Waals surface area contributed by atoms with Crippen molar-refractivity contribution >= 4 is 0 Å². The molecule has 1 heterocycles. The third-order valence-corrected chi connectivity index (χ3v) is 3.80. The number of rotatable bonds is 6. The maximum absolute atomic E-state index is 9.98. The molecule has 1 saturated carbocycles. The van der Waals surface area contributed by atoms with Crippen LogP contribution in [0.1, 0.15) is 50.7 Å². The zero-order valence-corrected chi connectivity index (χ0v) is 12.0. The highest BCUT2D eigenvalue weighted by molar-refractivity contribution is 4.86. The van der Waals surface area contributed by atoms with Crippen molar-refractivity contribution in [3.63, 3.8) is 0 Å². The van der Waals surface area contributed by atoms with E-state index in [9.17, 15) is 5.11 Å². The normalized spacial score (nSPS) is 24.0. The second kappa shape index (κ2) is 7.01. The van der Waals surface area contributed by atoms with Gasteiger partial charge in [0.1, 0.15) is 0 Å². The van der Waals surface area contributed by atoms with Gasteiger partial charge in [-0.1, -0.05) is 24.9 Å². The lowest BCUT2D eigenvalue weighted by Gasteiger charge is -2.30. The van der Waals surface area contributed by atoms with Gasteiger partial charge in [0, 0.05) is 13.0 Å². The van der Waals surface area contributed by atoms with Gasteiger partial charge >= 0.3 is 0 Å². The standard InChI is InChI=1S/C14H25N3O2/c1-3-6-13-15-14(19-16-13)10-17(2)9-11-7-4-5-8-12(11)18/h11-12,18H,3-10H2,1-2H3. The van der Waals surface area contributed by atoms with Crippen LogP contribution >= 0.6 is 0 Å². The molecule has 1 N–H and O–H groups in total. The molecule has 0 radical (unpaired) electrons. The number of hydrogen-bond acceptors (Lipinski definition) is 5. The predicted octanol–water partition coefficient (Wildman–Crippen LogP) is 2.01. The Hall–Kier alpha value is -0.940. The predicted molar refractivity (Wildman–Crippen MR) is 72.6 cm³/mol. The molecule has 1 aromatic heterocycles. The van der Waals surface area contributed by atoms with Crippen LogP contribution in [-0.2, 0) is 13.0 Å². The summed E-state index contributed by atoms with van der Waals surface area (Å²) in [5.74, 6) is 1.86. The summed E-state index contributed by atoms with van der Waals surface area (Å²) < 4.78 is 5.24. The lowest BCUT2D eigenvalue weighted by Crippen LogP contribution is -2.34. The molecule has 19 heavy (non-hydrogen) atoms. The van der Waals surface area contributed by atoms with Crippen molar-refractivity contribution in [3.05, 3.63) is 11.7 Å². The molecule has 108 valence electrons. The molecule has 0 amide bonds. The third kappa shape index (κ3) is 4.28. The fourth-order valence-electron chi connectivity index (χ4n) is 2.78. The number of aryl methyl sites for hydroxylation is 1. The van der Waals surface area contributed by atoms with Crippen molar-refractivity contribution in [2.75, 3.05) is 13.6 Å². The number of aromatic nitrogens is 2. The van der Waals surface area contributed by atoms with Crippen LogP contribution in [0.15, 0.2) is 4.52 Å². The number of aliphatic hydroxyl groups is 1. The summed E-state index contributed by atoms with van der Waals surface area (Å²) >= 11 is 0. The summed E-state index contributed by atoms with van der Waals surface area (Å²) in [6, 6.07) is 0. The molecule has 5 heteroatoms. The van der Waals surface area contributed by atoms with Gasteiger partial charge in [-0.15, -0.1) is 0 Å². The van der Waals surface area contributed by atoms with Crippen LogP contribution in [0.25, 0.3) is 0 Å². The van der Waals surface area contributed by atoms with Crippen LogP contribution in [-0.4, -0.2) is 39.8 Å². The molecule has 1 fully saturated rings. The Morgan fingerprint density at radius 1 is 1.37 bits per heavy atom. The van der Waals surface area contributed by atoms with Gasteiger partial charge in [-0.3, -0.25) is 4.90 Å². The SMILES string of the molecule is CCCc1noc(CN(C)CC2CCCCC2O)n1. The van der Waals surface area contributed by atoms with Gasteiger partial charge in [0.2, 0.25) is 5.89 Å². The van der Waals surface area contributed by atoms with Crippen molar-refractivity contribution in [2.24, 2.45) is 5.92 Å². The van der Waals surface area contributed by atoms with Crippen LogP contribution in [0.2, 0.25) is 0 Å². The summed E-state index contributed by atoms with van der Waals surface area (Å²) in [7, 11) is 2.05. The van der Waals surface area contributed by atoms with E-state index in [-0.39, 0.29) is 6.10 Å². The average Bonchev–Trinajstić information content (AvgIpc) is 2.80. The minimum atomic E-state index is -0.144. The second-order valence-corrected chi connectivity index (χ2v) is 5.66. The summed E-state index contributed by atoms with van der Waals surface area (Å²) in [4.78, 5) is 6.54. The van der Waals surface area contributed by atoms with Crippen LogP contribution in [0, 0.1) is 5.92 Å². The molecule has 2 atom stereocenters. The molecule has 2 unspecified atom stereocenters. The van der Waals surface area contributed by atoms with Crippen LogP contribution in [0.4, 0.5) is 0 Å². The molecule has 5 nitrogen and oxygen atoms in total. The highest BCUT2D eigenvalue weighted by Crippen LogP contribution is 2.25. The van der Waals surface area contributed by atoms with Gasteiger partial charge < -0.3 is 9.63 Å². The Kier molecular flexibility index (Phi) is 5.34. The first-order valence-electron chi connectivity index (χ1n) is 7.37. The zero-order chi connectivity index (χ0) is 13.7. The highest BCUT2D eigenvalue weighted by Gasteiger charge is 2.24. The maximum atomic E-state index is 9.98. The summed E-state index contributed by atoms with van der Waals surface area (Å²) in [5.41, 5.74) is 0. The van der Waals surface area contributed by atoms with Crippen LogP contribution in [0.3, 0.4) is 0 Å². The van der Waals surface area contributed by atoms with E-state index in [1.54, 1.807) is 0 Å². The molecule has 0 saturated heterocycles. The van der Waals surface area contributed by atoms with Gasteiger partial charge in [0.25, 0.3) is 0 Å². The minimum Gasteiger partial charge on any atom is -0.393 e. The summed E-state index contributed by atoms with van der Waals surface area (Å²) in [5, 5.41) is 13.9. The fourth-order valence-corrected chi connectivity index (χ4v) is 2.78. The van der Waals surface area contributed by atoms with Crippen molar-refractivity contribution < 1.29 is 9.63 Å². The molecular weight excluding hydrogens is 242 g/mol. The van der Waals surface area contributed by atoms with Crippen LogP contribution in [0.5, 0.6) is 0 Å². The molecule has 1 aromatic rings. The topological polar surface area (TPSA) is 62.4 Å². The van der Waals surface area contributed by atoms with E-state index in [0.29, 0.717) is 18.4 Å². The van der Waals surface area contributed by atoms with E-state index in [2.05, 4.69) is 22.0 Å². The number of nitrogens with zero attached hydrogens (tertiary/aromatic N) is 3.